The van der Waals surface area contributed by atoms with Crippen LogP contribution in [0.3, 0.4) is 0 Å². The van der Waals surface area contributed by atoms with Crippen molar-refractivity contribution < 1.29 is 5.11 Å². The summed E-state index contributed by atoms with van der Waals surface area (Å²) >= 11 is 0. The van der Waals surface area contributed by atoms with E-state index in [0.717, 1.165) is 12.8 Å². The van der Waals surface area contributed by atoms with Crippen LogP contribution in [0.5, 0.6) is 0 Å². The van der Waals surface area contributed by atoms with Gasteiger partial charge >= 0.3 is 0 Å². The van der Waals surface area contributed by atoms with Crippen LogP contribution in [-0.2, 0) is 0 Å². The first-order chi connectivity index (χ1) is 8.40. The normalized spacial score (nSPS) is 21.4. The van der Waals surface area contributed by atoms with Crippen LogP contribution in [0.1, 0.15) is 29.9 Å². The third-order valence-electron chi connectivity index (χ3n) is 3.59. The third-order valence-corrected chi connectivity index (χ3v) is 3.59. The Hall–Kier alpha value is -1.60. The van der Waals surface area contributed by atoms with Gasteiger partial charge in [0.15, 0.2) is 0 Å². The van der Waals surface area contributed by atoms with Gasteiger partial charge in [-0.2, -0.15) is 0 Å². The van der Waals surface area contributed by atoms with E-state index in [9.17, 15) is 0 Å². The van der Waals surface area contributed by atoms with Crippen molar-refractivity contribution in [2.24, 2.45) is 0 Å². The number of rotatable bonds is 3. The van der Waals surface area contributed by atoms with Crippen molar-refractivity contribution in [2.75, 3.05) is 6.61 Å². The summed E-state index contributed by atoms with van der Waals surface area (Å²) in [5.41, 5.74) is 5.47. The van der Waals surface area contributed by atoms with E-state index < -0.39 is 0 Å². The van der Waals surface area contributed by atoms with Crippen molar-refractivity contribution in [3.8, 4) is 0 Å². The van der Waals surface area contributed by atoms with Gasteiger partial charge in [-0.3, -0.25) is 0 Å². The highest BCUT2D eigenvalue weighted by Crippen LogP contribution is 2.42. The second-order valence-corrected chi connectivity index (χ2v) is 4.60. The van der Waals surface area contributed by atoms with Crippen molar-refractivity contribution in [3.05, 3.63) is 65.3 Å². The summed E-state index contributed by atoms with van der Waals surface area (Å²) in [6.07, 6.45) is 10.7. The van der Waals surface area contributed by atoms with E-state index in [0.29, 0.717) is 5.92 Å². The first-order valence-electron chi connectivity index (χ1n) is 6.16. The largest absolute Gasteiger partial charge is 0.396 e. The standard InChI is InChI=1S/C16H16O/c17-10-9-13-11-16(12-5-1-2-6-12)15-8-4-3-7-14(13)15/h1-5,7-8,11,16-17H,6,9-10H2. The molecule has 1 atom stereocenters. The molecule has 86 valence electrons. The highest BCUT2D eigenvalue weighted by atomic mass is 16.2. The molecule has 0 aromatic heterocycles. The van der Waals surface area contributed by atoms with Gasteiger partial charge in [0.05, 0.1) is 0 Å². The van der Waals surface area contributed by atoms with Crippen LogP contribution < -0.4 is 0 Å². The maximum Gasteiger partial charge on any atom is 0.0471 e. The van der Waals surface area contributed by atoms with Crippen molar-refractivity contribution >= 4 is 5.57 Å². The second-order valence-electron chi connectivity index (χ2n) is 4.60. The molecule has 1 N–H and O–H groups in total. The highest BCUT2D eigenvalue weighted by Gasteiger charge is 2.25. The molecule has 2 aliphatic rings. The zero-order valence-electron chi connectivity index (χ0n) is 9.76. The Labute approximate surface area is 102 Å². The molecule has 0 bridgehead atoms. The van der Waals surface area contributed by atoms with Crippen molar-refractivity contribution in [3.63, 3.8) is 0 Å². The number of fused-ring (bicyclic) bond motifs is 1. The number of allylic oxidation sites excluding steroid dienone is 5. The SMILES string of the molecule is OCCC1=CC(C2=CC=CC2)c2ccccc21. The molecule has 0 saturated heterocycles. The van der Waals surface area contributed by atoms with E-state index in [2.05, 4.69) is 48.6 Å². The molecule has 0 amide bonds. The Morgan fingerprint density at radius 2 is 2.12 bits per heavy atom. The topological polar surface area (TPSA) is 20.2 Å². The Morgan fingerprint density at radius 1 is 1.24 bits per heavy atom. The number of aliphatic hydroxyl groups excluding tert-OH is 1. The van der Waals surface area contributed by atoms with Crippen molar-refractivity contribution in [1.82, 2.24) is 0 Å². The number of hydrogen-bond acceptors (Lipinski definition) is 1. The number of benzene rings is 1. The Balaban J connectivity index is 2.01. The maximum absolute atomic E-state index is 9.14. The van der Waals surface area contributed by atoms with Gasteiger partial charge in [-0.05, 0) is 29.5 Å². The Morgan fingerprint density at radius 3 is 2.88 bits per heavy atom. The average molecular weight is 224 g/mol. The van der Waals surface area contributed by atoms with E-state index in [1.54, 1.807) is 0 Å². The fourth-order valence-electron chi connectivity index (χ4n) is 2.78. The van der Waals surface area contributed by atoms with Gasteiger partial charge < -0.3 is 5.11 Å². The van der Waals surface area contributed by atoms with Gasteiger partial charge in [0.1, 0.15) is 0 Å². The molecule has 0 spiro atoms. The fourth-order valence-corrected chi connectivity index (χ4v) is 2.78. The minimum absolute atomic E-state index is 0.226. The molecule has 0 aliphatic heterocycles. The third kappa shape index (κ3) is 1.77. The predicted molar refractivity (Wildman–Crippen MR) is 70.7 cm³/mol. The molecular formula is C16H16O. The summed E-state index contributed by atoms with van der Waals surface area (Å²) in [5, 5.41) is 9.14. The van der Waals surface area contributed by atoms with E-state index in [1.165, 1.54) is 22.3 Å². The minimum atomic E-state index is 0.226. The molecule has 1 heteroatoms. The number of hydrogen-bond donors (Lipinski definition) is 1. The van der Waals surface area contributed by atoms with Crippen LogP contribution in [0.4, 0.5) is 0 Å². The molecule has 1 aromatic carbocycles. The number of aliphatic hydroxyl groups is 1. The summed E-state index contributed by atoms with van der Waals surface area (Å²) in [7, 11) is 0. The molecule has 3 rings (SSSR count). The van der Waals surface area contributed by atoms with Crippen LogP contribution in [-0.4, -0.2) is 11.7 Å². The molecule has 0 radical (unpaired) electrons. The quantitative estimate of drug-likeness (QED) is 0.834. The van der Waals surface area contributed by atoms with E-state index in [4.69, 9.17) is 5.11 Å². The molecule has 1 nitrogen and oxygen atoms in total. The second kappa shape index (κ2) is 4.34. The van der Waals surface area contributed by atoms with Gasteiger partial charge in [0.25, 0.3) is 0 Å². The zero-order chi connectivity index (χ0) is 11.7. The average Bonchev–Trinajstić information content (AvgIpc) is 2.97. The molecular weight excluding hydrogens is 208 g/mol. The lowest BCUT2D eigenvalue weighted by molar-refractivity contribution is 0.305. The highest BCUT2D eigenvalue weighted by molar-refractivity contribution is 5.76. The summed E-state index contributed by atoms with van der Waals surface area (Å²) in [5.74, 6) is 0.419. The molecule has 0 fully saturated rings. The molecule has 1 aromatic rings. The molecule has 0 heterocycles. The zero-order valence-corrected chi connectivity index (χ0v) is 9.76. The van der Waals surface area contributed by atoms with E-state index in [-0.39, 0.29) is 6.61 Å². The Kier molecular flexibility index (Phi) is 2.69. The minimum Gasteiger partial charge on any atom is -0.396 e. The first kappa shape index (κ1) is 10.5. The maximum atomic E-state index is 9.14. The summed E-state index contributed by atoms with van der Waals surface area (Å²) < 4.78 is 0. The van der Waals surface area contributed by atoms with Crippen molar-refractivity contribution in [1.29, 1.82) is 0 Å². The lowest BCUT2D eigenvalue weighted by Gasteiger charge is -2.11. The van der Waals surface area contributed by atoms with Crippen LogP contribution in [0.15, 0.2) is 54.1 Å². The van der Waals surface area contributed by atoms with E-state index >= 15 is 0 Å². The predicted octanol–water partition coefficient (Wildman–Crippen LogP) is 3.44. The molecule has 1 unspecified atom stereocenters. The van der Waals surface area contributed by atoms with Crippen LogP contribution >= 0.6 is 0 Å². The van der Waals surface area contributed by atoms with Gasteiger partial charge in [0.2, 0.25) is 0 Å². The van der Waals surface area contributed by atoms with Gasteiger partial charge in [-0.1, -0.05) is 54.1 Å². The van der Waals surface area contributed by atoms with E-state index in [1.807, 2.05) is 0 Å². The lowest BCUT2D eigenvalue weighted by atomic mass is 9.92. The van der Waals surface area contributed by atoms with Gasteiger partial charge in [0, 0.05) is 12.5 Å². The fraction of sp³-hybridized carbons (Fsp3) is 0.250. The molecule has 0 saturated carbocycles. The molecule has 17 heavy (non-hydrogen) atoms. The summed E-state index contributed by atoms with van der Waals surface area (Å²) in [6, 6.07) is 8.55. The van der Waals surface area contributed by atoms with Crippen LogP contribution in [0.25, 0.3) is 5.57 Å². The van der Waals surface area contributed by atoms with Crippen molar-refractivity contribution in [2.45, 2.75) is 18.8 Å². The van der Waals surface area contributed by atoms with Crippen LogP contribution in [0, 0.1) is 0 Å². The Bertz CT molecular complexity index is 520. The monoisotopic (exact) mass is 224 g/mol. The first-order valence-corrected chi connectivity index (χ1v) is 6.16. The summed E-state index contributed by atoms with van der Waals surface area (Å²) in [4.78, 5) is 0. The summed E-state index contributed by atoms with van der Waals surface area (Å²) in [6.45, 7) is 0.226. The molecule has 2 aliphatic carbocycles. The smallest absolute Gasteiger partial charge is 0.0471 e. The van der Waals surface area contributed by atoms with Gasteiger partial charge in [-0.25, -0.2) is 0 Å². The van der Waals surface area contributed by atoms with Gasteiger partial charge in [-0.15, -0.1) is 0 Å². The lowest BCUT2D eigenvalue weighted by Crippen LogP contribution is -1.95. The van der Waals surface area contributed by atoms with Crippen LogP contribution in [0.2, 0.25) is 0 Å².